The van der Waals surface area contributed by atoms with Crippen LogP contribution in [0, 0.1) is 0 Å². The molecule has 0 aliphatic rings. The van der Waals surface area contributed by atoms with Gasteiger partial charge in [0.25, 0.3) is 5.97 Å². The van der Waals surface area contributed by atoms with Crippen molar-refractivity contribution in [2.45, 2.75) is 39.5 Å². The van der Waals surface area contributed by atoms with E-state index in [9.17, 15) is 4.79 Å². The van der Waals surface area contributed by atoms with Crippen molar-refractivity contribution in [3.05, 3.63) is 0 Å². The lowest BCUT2D eigenvalue weighted by molar-refractivity contribution is -0.134. The van der Waals surface area contributed by atoms with Crippen molar-refractivity contribution < 1.29 is 14.7 Å². The third-order valence-electron chi connectivity index (χ3n) is 0.926. The van der Waals surface area contributed by atoms with Gasteiger partial charge in [0.1, 0.15) is 6.29 Å². The predicted octanol–water partition coefficient (Wildman–Crippen LogP) is 1.86. The number of carbonyl (C=O) groups excluding carboxylic acids is 1. The predicted molar refractivity (Wildman–Crippen MR) is 43.5 cm³/mol. The molecule has 0 aromatic carbocycles. The molecule has 0 atom stereocenters. The second kappa shape index (κ2) is 11.9. The first kappa shape index (κ1) is 12.8. The van der Waals surface area contributed by atoms with Crippen molar-refractivity contribution in [2.75, 3.05) is 0 Å². The summed E-state index contributed by atoms with van der Waals surface area (Å²) in [4.78, 5) is 18.7. The molecule has 1 N–H and O–H groups in total. The molecule has 0 aliphatic heterocycles. The summed E-state index contributed by atoms with van der Waals surface area (Å²) >= 11 is 0. The van der Waals surface area contributed by atoms with Crippen LogP contribution in [-0.4, -0.2) is 17.4 Å². The van der Waals surface area contributed by atoms with E-state index >= 15 is 0 Å². The van der Waals surface area contributed by atoms with Crippen LogP contribution in [0.2, 0.25) is 0 Å². The molecule has 0 aromatic rings. The monoisotopic (exact) mass is 160 g/mol. The number of rotatable bonds is 4. The largest absolute Gasteiger partial charge is 0.481 e. The first-order valence-electron chi connectivity index (χ1n) is 3.78. The Bertz CT molecular complexity index is 95.5. The first-order valence-corrected chi connectivity index (χ1v) is 3.78. The summed E-state index contributed by atoms with van der Waals surface area (Å²) in [5.41, 5.74) is 0. The highest BCUT2D eigenvalue weighted by molar-refractivity contribution is 5.62. The zero-order chi connectivity index (χ0) is 9.11. The number of carbonyl (C=O) groups is 2. The zero-order valence-electron chi connectivity index (χ0n) is 7.17. The van der Waals surface area contributed by atoms with E-state index in [0.29, 0.717) is 0 Å². The smallest absolute Gasteiger partial charge is 0.300 e. The summed E-state index contributed by atoms with van der Waals surface area (Å²) in [5, 5.41) is 7.42. The number of unbranched alkanes of at least 4 members (excludes halogenated alkanes) is 3. The van der Waals surface area contributed by atoms with Gasteiger partial charge in [0.2, 0.25) is 0 Å². The normalized spacial score (nSPS) is 7.82. The Morgan fingerprint density at radius 3 is 2.18 bits per heavy atom. The zero-order valence-corrected chi connectivity index (χ0v) is 7.17. The maximum atomic E-state index is 9.68. The number of carboxylic acids is 1. The van der Waals surface area contributed by atoms with Crippen molar-refractivity contribution in [2.24, 2.45) is 0 Å². The molecule has 0 bridgehead atoms. The summed E-state index contributed by atoms with van der Waals surface area (Å²) in [7, 11) is 0. The minimum atomic E-state index is -0.833. The van der Waals surface area contributed by atoms with E-state index in [1.54, 1.807) is 0 Å². The number of carboxylic acid groups (broad SMARTS) is 1. The van der Waals surface area contributed by atoms with Gasteiger partial charge in [-0.25, -0.2) is 0 Å². The van der Waals surface area contributed by atoms with Gasteiger partial charge in [0.15, 0.2) is 0 Å². The fourth-order valence-corrected chi connectivity index (χ4v) is 0.478. The highest BCUT2D eigenvalue weighted by atomic mass is 16.4. The molecule has 66 valence electrons. The number of aldehydes is 1. The van der Waals surface area contributed by atoms with Gasteiger partial charge in [-0.15, -0.1) is 0 Å². The number of hydrogen-bond acceptors (Lipinski definition) is 2. The second-order valence-corrected chi connectivity index (χ2v) is 2.18. The van der Waals surface area contributed by atoms with Crippen LogP contribution < -0.4 is 0 Å². The summed E-state index contributed by atoms with van der Waals surface area (Å²) in [5.74, 6) is -0.833. The van der Waals surface area contributed by atoms with E-state index in [1.807, 2.05) is 0 Å². The molecule has 0 saturated carbocycles. The van der Waals surface area contributed by atoms with E-state index in [0.717, 1.165) is 26.1 Å². The maximum absolute atomic E-state index is 9.68. The first-order chi connectivity index (χ1) is 5.15. The Hall–Kier alpha value is -0.860. The van der Waals surface area contributed by atoms with Gasteiger partial charge in [-0.05, 0) is 6.42 Å². The molecule has 0 fully saturated rings. The highest BCUT2D eigenvalue weighted by Crippen LogP contribution is 1.94. The fourth-order valence-electron chi connectivity index (χ4n) is 0.478. The molecule has 0 spiro atoms. The molecular formula is C8H16O3. The molecule has 0 saturated heterocycles. The molecule has 0 aliphatic carbocycles. The fraction of sp³-hybridized carbons (Fsp3) is 0.750. The average molecular weight is 160 g/mol. The van der Waals surface area contributed by atoms with Gasteiger partial charge in [0.05, 0.1) is 0 Å². The topological polar surface area (TPSA) is 54.4 Å². The Morgan fingerprint density at radius 2 is 1.91 bits per heavy atom. The maximum Gasteiger partial charge on any atom is 0.300 e. The Labute approximate surface area is 67.4 Å². The number of aliphatic carboxylic acids is 1. The van der Waals surface area contributed by atoms with Crippen LogP contribution in [0.5, 0.6) is 0 Å². The van der Waals surface area contributed by atoms with Gasteiger partial charge in [-0.2, -0.15) is 0 Å². The van der Waals surface area contributed by atoms with Crippen molar-refractivity contribution in [3.63, 3.8) is 0 Å². The molecule has 0 radical (unpaired) electrons. The quantitative estimate of drug-likeness (QED) is 0.504. The van der Waals surface area contributed by atoms with E-state index < -0.39 is 5.97 Å². The van der Waals surface area contributed by atoms with Crippen molar-refractivity contribution in [3.8, 4) is 0 Å². The van der Waals surface area contributed by atoms with Gasteiger partial charge in [-0.3, -0.25) is 4.79 Å². The Balaban J connectivity index is 0. The third kappa shape index (κ3) is 47.3. The van der Waals surface area contributed by atoms with Gasteiger partial charge in [0, 0.05) is 13.3 Å². The summed E-state index contributed by atoms with van der Waals surface area (Å²) in [6.07, 6.45) is 5.19. The molecule has 0 heterocycles. The standard InChI is InChI=1S/C6H12O.C2H4O2/c1-2-3-4-5-6-7;1-2(3)4/h6H,2-5H2,1H3;1H3,(H,3,4). The Morgan fingerprint density at radius 1 is 1.45 bits per heavy atom. The molecule has 11 heavy (non-hydrogen) atoms. The molecule has 0 rings (SSSR count). The van der Waals surface area contributed by atoms with E-state index in [4.69, 9.17) is 9.90 Å². The lowest BCUT2D eigenvalue weighted by atomic mass is 10.2. The van der Waals surface area contributed by atoms with Crippen LogP contribution >= 0.6 is 0 Å². The van der Waals surface area contributed by atoms with Crippen LogP contribution in [0.25, 0.3) is 0 Å². The molecule has 0 unspecified atom stereocenters. The van der Waals surface area contributed by atoms with Gasteiger partial charge >= 0.3 is 0 Å². The van der Waals surface area contributed by atoms with Crippen LogP contribution in [-0.2, 0) is 9.59 Å². The van der Waals surface area contributed by atoms with Crippen LogP contribution in [0.15, 0.2) is 0 Å². The SMILES string of the molecule is CC(=O)O.CCCCCC=O. The van der Waals surface area contributed by atoms with Gasteiger partial charge in [-0.1, -0.05) is 19.8 Å². The third-order valence-corrected chi connectivity index (χ3v) is 0.926. The van der Waals surface area contributed by atoms with Crippen LogP contribution in [0.3, 0.4) is 0 Å². The summed E-state index contributed by atoms with van der Waals surface area (Å²) < 4.78 is 0. The average Bonchev–Trinajstić information content (AvgIpc) is 1.88. The molecular weight excluding hydrogens is 144 g/mol. The van der Waals surface area contributed by atoms with Crippen LogP contribution in [0.4, 0.5) is 0 Å². The summed E-state index contributed by atoms with van der Waals surface area (Å²) in [6.45, 7) is 3.21. The van der Waals surface area contributed by atoms with Crippen LogP contribution in [0.1, 0.15) is 39.5 Å². The molecule has 3 heteroatoms. The minimum absolute atomic E-state index is 0.744. The minimum Gasteiger partial charge on any atom is -0.481 e. The lowest BCUT2D eigenvalue weighted by Gasteiger charge is -1.85. The summed E-state index contributed by atoms with van der Waals surface area (Å²) in [6, 6.07) is 0. The van der Waals surface area contributed by atoms with Crippen molar-refractivity contribution in [1.29, 1.82) is 0 Å². The molecule has 0 amide bonds. The van der Waals surface area contributed by atoms with E-state index in [-0.39, 0.29) is 0 Å². The molecule has 0 aromatic heterocycles. The lowest BCUT2D eigenvalue weighted by Crippen LogP contribution is -1.78. The van der Waals surface area contributed by atoms with Crippen molar-refractivity contribution in [1.82, 2.24) is 0 Å². The molecule has 3 nitrogen and oxygen atoms in total. The second-order valence-electron chi connectivity index (χ2n) is 2.18. The Kier molecular flexibility index (Phi) is 13.8. The van der Waals surface area contributed by atoms with E-state index in [1.165, 1.54) is 12.8 Å². The number of hydrogen-bond donors (Lipinski definition) is 1. The van der Waals surface area contributed by atoms with Gasteiger partial charge < -0.3 is 9.90 Å². The highest BCUT2D eigenvalue weighted by Gasteiger charge is 1.80. The van der Waals surface area contributed by atoms with E-state index in [2.05, 4.69) is 6.92 Å². The van der Waals surface area contributed by atoms with Crippen molar-refractivity contribution >= 4 is 12.3 Å².